The third-order valence-electron chi connectivity index (χ3n) is 2.86. The van der Waals surface area contributed by atoms with Crippen molar-refractivity contribution in [1.29, 1.82) is 0 Å². The monoisotopic (exact) mass is 248 g/mol. The Hall–Kier alpha value is -1.88. The molecule has 96 valence electrons. The lowest BCUT2D eigenvalue weighted by Gasteiger charge is -2.25. The smallest absolute Gasteiger partial charge is 0.240 e. The summed E-state index contributed by atoms with van der Waals surface area (Å²) in [5.74, 6) is 0.369. The molecular formula is C13H16N2O3. The van der Waals surface area contributed by atoms with Crippen LogP contribution in [0.2, 0.25) is 0 Å². The molecule has 0 aliphatic carbocycles. The van der Waals surface area contributed by atoms with Gasteiger partial charge in [0.15, 0.2) is 0 Å². The predicted molar refractivity (Wildman–Crippen MR) is 66.3 cm³/mol. The van der Waals surface area contributed by atoms with Gasteiger partial charge in [-0.15, -0.1) is 0 Å². The molecule has 1 N–H and O–H groups in total. The average Bonchev–Trinajstić information content (AvgIpc) is 2.35. The molecule has 1 heterocycles. The Balaban J connectivity index is 1.90. The summed E-state index contributed by atoms with van der Waals surface area (Å²) in [7, 11) is 1.63. The zero-order chi connectivity index (χ0) is 13.0. The van der Waals surface area contributed by atoms with E-state index in [0.717, 1.165) is 17.7 Å². The molecule has 2 amide bonds. The molecule has 1 fully saturated rings. The van der Waals surface area contributed by atoms with Crippen LogP contribution in [0.25, 0.3) is 0 Å². The molecule has 1 aliphatic heterocycles. The molecule has 0 unspecified atom stereocenters. The summed E-state index contributed by atoms with van der Waals surface area (Å²) in [4.78, 5) is 24.3. The standard InChI is InChI=1S/C13H16N2O3/c1-18-11-4-2-3-10(7-11)5-6-15-8-12(16)14-13(17)9-15/h2-4,7H,5-6,8-9H2,1H3,(H,14,16,17). The number of nitrogens with zero attached hydrogens (tertiary/aromatic N) is 1. The van der Waals surface area contributed by atoms with Crippen molar-refractivity contribution in [2.75, 3.05) is 26.7 Å². The van der Waals surface area contributed by atoms with Crippen molar-refractivity contribution in [3.05, 3.63) is 29.8 Å². The van der Waals surface area contributed by atoms with Gasteiger partial charge in [-0.2, -0.15) is 0 Å². The van der Waals surface area contributed by atoms with E-state index >= 15 is 0 Å². The Morgan fingerprint density at radius 3 is 2.67 bits per heavy atom. The molecule has 0 aromatic heterocycles. The van der Waals surface area contributed by atoms with Crippen molar-refractivity contribution < 1.29 is 14.3 Å². The molecule has 1 aromatic rings. The molecule has 0 saturated carbocycles. The molecule has 0 bridgehead atoms. The molecule has 0 spiro atoms. The highest BCUT2D eigenvalue weighted by Crippen LogP contribution is 2.13. The first-order valence-corrected chi connectivity index (χ1v) is 5.85. The third kappa shape index (κ3) is 3.30. The number of nitrogens with one attached hydrogen (secondary N) is 1. The average molecular weight is 248 g/mol. The molecule has 5 heteroatoms. The van der Waals surface area contributed by atoms with Crippen LogP contribution in [0.4, 0.5) is 0 Å². The summed E-state index contributed by atoms with van der Waals surface area (Å²) >= 11 is 0. The summed E-state index contributed by atoms with van der Waals surface area (Å²) in [5, 5.41) is 2.29. The molecule has 0 atom stereocenters. The summed E-state index contributed by atoms with van der Waals surface area (Å²) in [6.07, 6.45) is 0.789. The van der Waals surface area contributed by atoms with Gasteiger partial charge in [-0.25, -0.2) is 0 Å². The van der Waals surface area contributed by atoms with Gasteiger partial charge in [-0.05, 0) is 24.1 Å². The van der Waals surface area contributed by atoms with Crippen LogP contribution in [0.1, 0.15) is 5.56 Å². The number of carbonyl (C=O) groups is 2. The molecule has 1 aromatic carbocycles. The van der Waals surface area contributed by atoms with Gasteiger partial charge in [0.1, 0.15) is 5.75 Å². The van der Waals surface area contributed by atoms with Gasteiger partial charge in [-0.3, -0.25) is 19.8 Å². The number of rotatable bonds is 4. The molecule has 1 saturated heterocycles. The van der Waals surface area contributed by atoms with Gasteiger partial charge >= 0.3 is 0 Å². The maximum Gasteiger partial charge on any atom is 0.240 e. The van der Waals surface area contributed by atoms with Crippen molar-refractivity contribution in [3.8, 4) is 5.75 Å². The van der Waals surface area contributed by atoms with Crippen molar-refractivity contribution in [2.24, 2.45) is 0 Å². The maximum absolute atomic E-state index is 11.2. The van der Waals surface area contributed by atoms with Gasteiger partial charge in [0, 0.05) is 6.54 Å². The van der Waals surface area contributed by atoms with E-state index in [1.54, 1.807) is 7.11 Å². The number of carbonyl (C=O) groups excluding carboxylic acids is 2. The zero-order valence-corrected chi connectivity index (χ0v) is 10.3. The Bertz CT molecular complexity index is 443. The largest absolute Gasteiger partial charge is 0.497 e. The number of hydrogen-bond acceptors (Lipinski definition) is 4. The first-order valence-electron chi connectivity index (χ1n) is 5.85. The van der Waals surface area contributed by atoms with E-state index in [9.17, 15) is 9.59 Å². The summed E-state index contributed by atoms with van der Waals surface area (Å²) in [6.45, 7) is 1.26. The molecular weight excluding hydrogens is 232 g/mol. The lowest BCUT2D eigenvalue weighted by atomic mass is 10.1. The first kappa shape index (κ1) is 12.6. The third-order valence-corrected chi connectivity index (χ3v) is 2.86. The predicted octanol–water partition coefficient (Wildman–Crippen LogP) is 0.196. The quantitative estimate of drug-likeness (QED) is 0.773. The highest BCUT2D eigenvalue weighted by atomic mass is 16.5. The van der Waals surface area contributed by atoms with E-state index in [1.807, 2.05) is 29.2 Å². The van der Waals surface area contributed by atoms with Gasteiger partial charge in [-0.1, -0.05) is 12.1 Å². The van der Waals surface area contributed by atoms with Crippen LogP contribution in [0, 0.1) is 0 Å². The lowest BCUT2D eigenvalue weighted by Crippen LogP contribution is -2.51. The normalized spacial score (nSPS) is 16.5. The fraction of sp³-hybridized carbons (Fsp3) is 0.385. The topological polar surface area (TPSA) is 58.6 Å². The molecule has 5 nitrogen and oxygen atoms in total. The second-order valence-electron chi connectivity index (χ2n) is 4.28. The number of benzene rings is 1. The number of imide groups is 1. The fourth-order valence-corrected chi connectivity index (χ4v) is 1.97. The zero-order valence-electron chi connectivity index (χ0n) is 10.3. The lowest BCUT2D eigenvalue weighted by molar-refractivity contribution is -0.135. The molecule has 1 aliphatic rings. The SMILES string of the molecule is COc1cccc(CCN2CC(=O)NC(=O)C2)c1. The first-order chi connectivity index (χ1) is 8.67. The van der Waals surface area contributed by atoms with E-state index in [0.29, 0.717) is 6.54 Å². The number of hydrogen-bond donors (Lipinski definition) is 1. The van der Waals surface area contributed by atoms with Crippen molar-refractivity contribution >= 4 is 11.8 Å². The van der Waals surface area contributed by atoms with Crippen LogP contribution in [0.15, 0.2) is 24.3 Å². The van der Waals surface area contributed by atoms with Gasteiger partial charge < -0.3 is 4.74 Å². The Morgan fingerprint density at radius 1 is 1.28 bits per heavy atom. The van der Waals surface area contributed by atoms with Crippen LogP contribution < -0.4 is 10.1 Å². The van der Waals surface area contributed by atoms with Crippen molar-refractivity contribution in [3.63, 3.8) is 0 Å². The maximum atomic E-state index is 11.2. The Labute approximate surface area is 106 Å². The highest BCUT2D eigenvalue weighted by molar-refractivity contribution is 5.99. The molecule has 18 heavy (non-hydrogen) atoms. The number of amides is 2. The number of methoxy groups -OCH3 is 1. The van der Waals surface area contributed by atoms with Crippen LogP contribution in [0.3, 0.4) is 0 Å². The number of piperazine rings is 1. The summed E-state index contributed by atoms with van der Waals surface area (Å²) < 4.78 is 5.15. The van der Waals surface area contributed by atoms with Crippen LogP contribution >= 0.6 is 0 Å². The Morgan fingerprint density at radius 2 is 2.00 bits per heavy atom. The summed E-state index contributed by atoms with van der Waals surface area (Å²) in [6, 6.07) is 7.80. The van der Waals surface area contributed by atoms with E-state index < -0.39 is 0 Å². The van der Waals surface area contributed by atoms with Crippen molar-refractivity contribution in [1.82, 2.24) is 10.2 Å². The van der Waals surface area contributed by atoms with Crippen LogP contribution in [-0.2, 0) is 16.0 Å². The van der Waals surface area contributed by atoms with Crippen molar-refractivity contribution in [2.45, 2.75) is 6.42 Å². The minimum atomic E-state index is -0.225. The van der Waals surface area contributed by atoms with Crippen LogP contribution in [-0.4, -0.2) is 43.5 Å². The summed E-state index contributed by atoms with van der Waals surface area (Å²) in [5.41, 5.74) is 1.13. The minimum Gasteiger partial charge on any atom is -0.497 e. The molecule has 0 radical (unpaired) electrons. The van der Waals surface area contributed by atoms with E-state index in [-0.39, 0.29) is 24.9 Å². The van der Waals surface area contributed by atoms with E-state index in [4.69, 9.17) is 4.74 Å². The van der Waals surface area contributed by atoms with Gasteiger partial charge in [0.2, 0.25) is 11.8 Å². The van der Waals surface area contributed by atoms with Gasteiger partial charge in [0.25, 0.3) is 0 Å². The second kappa shape index (κ2) is 5.64. The highest BCUT2D eigenvalue weighted by Gasteiger charge is 2.21. The van der Waals surface area contributed by atoms with Crippen LogP contribution in [0.5, 0.6) is 5.75 Å². The fourth-order valence-electron chi connectivity index (χ4n) is 1.97. The minimum absolute atomic E-state index is 0.225. The van der Waals surface area contributed by atoms with Gasteiger partial charge in [0.05, 0.1) is 20.2 Å². The van der Waals surface area contributed by atoms with E-state index in [1.165, 1.54) is 0 Å². The second-order valence-corrected chi connectivity index (χ2v) is 4.28. The van der Waals surface area contributed by atoms with E-state index in [2.05, 4.69) is 5.32 Å². The molecule has 2 rings (SSSR count). The number of ether oxygens (including phenoxy) is 1. The Kier molecular flexibility index (Phi) is 3.94.